The van der Waals surface area contributed by atoms with E-state index in [2.05, 4.69) is 10.6 Å². The Kier molecular flexibility index (Phi) is 4.58. The van der Waals surface area contributed by atoms with Gasteiger partial charge in [0.25, 0.3) is 0 Å². The van der Waals surface area contributed by atoms with E-state index in [1.165, 1.54) is 0 Å². The Morgan fingerprint density at radius 2 is 1.94 bits per heavy atom. The molecular formula is C13H23N3O2. The largest absolute Gasteiger partial charge is 0.354 e. The third-order valence-electron chi connectivity index (χ3n) is 4.01. The van der Waals surface area contributed by atoms with Gasteiger partial charge in [-0.2, -0.15) is 0 Å². The van der Waals surface area contributed by atoms with E-state index in [4.69, 9.17) is 5.73 Å². The van der Waals surface area contributed by atoms with Crippen LogP contribution in [0.4, 0.5) is 0 Å². The number of nitrogens with one attached hydrogen (secondary N) is 2. The molecule has 0 spiro atoms. The smallest absolute Gasteiger partial charge is 0.242 e. The Morgan fingerprint density at radius 1 is 1.17 bits per heavy atom. The van der Waals surface area contributed by atoms with Crippen LogP contribution in [-0.2, 0) is 9.59 Å². The summed E-state index contributed by atoms with van der Waals surface area (Å²) in [5, 5.41) is 5.64. The van der Waals surface area contributed by atoms with E-state index >= 15 is 0 Å². The fraction of sp³-hybridized carbons (Fsp3) is 0.846. The van der Waals surface area contributed by atoms with Gasteiger partial charge in [-0.3, -0.25) is 9.59 Å². The topological polar surface area (TPSA) is 84.2 Å². The first-order valence-corrected chi connectivity index (χ1v) is 7.02. The SMILES string of the molecule is NC1CCCCCC1C(=O)NC1CCCNC1=O. The zero-order chi connectivity index (χ0) is 13.0. The predicted molar refractivity (Wildman–Crippen MR) is 68.7 cm³/mol. The van der Waals surface area contributed by atoms with E-state index in [1.807, 2.05) is 0 Å². The van der Waals surface area contributed by atoms with Crippen molar-refractivity contribution in [2.75, 3.05) is 6.54 Å². The van der Waals surface area contributed by atoms with E-state index in [1.54, 1.807) is 0 Å². The van der Waals surface area contributed by atoms with Gasteiger partial charge in [0.15, 0.2) is 0 Å². The minimum Gasteiger partial charge on any atom is -0.354 e. The van der Waals surface area contributed by atoms with Crippen molar-refractivity contribution in [1.82, 2.24) is 10.6 Å². The number of piperidine rings is 1. The first-order valence-electron chi connectivity index (χ1n) is 7.02. The summed E-state index contributed by atoms with van der Waals surface area (Å²) in [5.41, 5.74) is 6.06. The summed E-state index contributed by atoms with van der Waals surface area (Å²) in [7, 11) is 0. The van der Waals surface area contributed by atoms with Gasteiger partial charge in [0, 0.05) is 12.6 Å². The summed E-state index contributed by atoms with van der Waals surface area (Å²) in [6.07, 6.45) is 6.74. The van der Waals surface area contributed by atoms with Gasteiger partial charge in [-0.05, 0) is 25.7 Å². The van der Waals surface area contributed by atoms with E-state index in [9.17, 15) is 9.59 Å². The number of rotatable bonds is 2. The Bertz CT molecular complexity index is 319. The standard InChI is InChI=1S/C13H23N3O2/c14-10-6-3-1-2-5-9(10)12(17)16-11-7-4-8-15-13(11)18/h9-11H,1-8,14H2,(H,15,18)(H,16,17). The van der Waals surface area contributed by atoms with Crippen molar-refractivity contribution < 1.29 is 9.59 Å². The molecule has 0 aromatic rings. The number of hydrogen-bond donors (Lipinski definition) is 3. The van der Waals surface area contributed by atoms with E-state index in [-0.39, 0.29) is 29.8 Å². The second-order valence-electron chi connectivity index (χ2n) is 5.40. The molecule has 1 aliphatic carbocycles. The van der Waals surface area contributed by atoms with E-state index in [0.29, 0.717) is 6.54 Å². The fourth-order valence-electron chi connectivity index (χ4n) is 2.85. The number of amides is 2. The van der Waals surface area contributed by atoms with Crippen LogP contribution in [0.1, 0.15) is 44.9 Å². The van der Waals surface area contributed by atoms with Crippen molar-refractivity contribution in [2.45, 2.75) is 57.0 Å². The molecule has 102 valence electrons. The molecule has 3 unspecified atom stereocenters. The Morgan fingerprint density at radius 3 is 2.72 bits per heavy atom. The van der Waals surface area contributed by atoms with Crippen molar-refractivity contribution in [2.24, 2.45) is 11.7 Å². The Labute approximate surface area is 108 Å². The highest BCUT2D eigenvalue weighted by molar-refractivity contribution is 5.89. The Hall–Kier alpha value is -1.10. The normalized spacial score (nSPS) is 33.4. The number of hydrogen-bond acceptors (Lipinski definition) is 3. The lowest BCUT2D eigenvalue weighted by Crippen LogP contribution is -2.53. The Balaban J connectivity index is 1.91. The van der Waals surface area contributed by atoms with Gasteiger partial charge in [0.05, 0.1) is 5.92 Å². The summed E-state index contributed by atoms with van der Waals surface area (Å²) < 4.78 is 0. The van der Waals surface area contributed by atoms with Gasteiger partial charge in [-0.1, -0.05) is 19.3 Å². The number of carbonyl (C=O) groups excluding carboxylic acids is 2. The molecule has 0 aromatic heterocycles. The molecule has 4 N–H and O–H groups in total. The van der Waals surface area contributed by atoms with Crippen molar-refractivity contribution in [3.63, 3.8) is 0 Å². The lowest BCUT2D eigenvalue weighted by molar-refractivity contribution is -0.132. The molecule has 2 rings (SSSR count). The number of nitrogens with two attached hydrogens (primary N) is 1. The van der Waals surface area contributed by atoms with Crippen molar-refractivity contribution in [3.8, 4) is 0 Å². The maximum Gasteiger partial charge on any atom is 0.242 e. The molecule has 0 aromatic carbocycles. The van der Waals surface area contributed by atoms with E-state index < -0.39 is 0 Å². The molecule has 2 aliphatic rings. The summed E-state index contributed by atoms with van der Waals surface area (Å²) >= 11 is 0. The van der Waals surface area contributed by atoms with Gasteiger partial charge >= 0.3 is 0 Å². The van der Waals surface area contributed by atoms with Crippen molar-refractivity contribution in [1.29, 1.82) is 0 Å². The highest BCUT2D eigenvalue weighted by Crippen LogP contribution is 2.22. The molecule has 0 radical (unpaired) electrons. The summed E-state index contributed by atoms with van der Waals surface area (Å²) in [5.74, 6) is -0.217. The molecule has 1 saturated heterocycles. The lowest BCUT2D eigenvalue weighted by atomic mass is 9.93. The predicted octanol–water partition coefficient (Wildman–Crippen LogP) is 0.289. The molecule has 0 bridgehead atoms. The minimum absolute atomic E-state index is 0.0357. The molecule has 1 heterocycles. The molecular weight excluding hydrogens is 230 g/mol. The molecule has 5 nitrogen and oxygen atoms in total. The quantitative estimate of drug-likeness (QED) is 0.618. The van der Waals surface area contributed by atoms with Gasteiger partial charge in [-0.15, -0.1) is 0 Å². The van der Waals surface area contributed by atoms with Crippen LogP contribution in [0.5, 0.6) is 0 Å². The van der Waals surface area contributed by atoms with Crippen LogP contribution >= 0.6 is 0 Å². The highest BCUT2D eigenvalue weighted by atomic mass is 16.2. The molecule has 2 fully saturated rings. The molecule has 18 heavy (non-hydrogen) atoms. The van der Waals surface area contributed by atoms with Crippen LogP contribution in [0.15, 0.2) is 0 Å². The lowest BCUT2D eigenvalue weighted by Gasteiger charge is -2.26. The van der Waals surface area contributed by atoms with Crippen molar-refractivity contribution >= 4 is 11.8 Å². The molecule has 1 saturated carbocycles. The first kappa shape index (κ1) is 13.3. The highest BCUT2D eigenvalue weighted by Gasteiger charge is 2.31. The summed E-state index contributed by atoms with van der Waals surface area (Å²) in [6.45, 7) is 0.716. The zero-order valence-corrected chi connectivity index (χ0v) is 10.8. The summed E-state index contributed by atoms with van der Waals surface area (Å²) in [4.78, 5) is 23.8. The fourth-order valence-corrected chi connectivity index (χ4v) is 2.85. The second-order valence-corrected chi connectivity index (χ2v) is 5.40. The van der Waals surface area contributed by atoms with Crippen molar-refractivity contribution in [3.05, 3.63) is 0 Å². The average Bonchev–Trinajstić information content (AvgIpc) is 2.57. The third-order valence-corrected chi connectivity index (χ3v) is 4.01. The molecule has 3 atom stereocenters. The average molecular weight is 253 g/mol. The minimum atomic E-state index is -0.360. The number of carbonyl (C=O) groups is 2. The zero-order valence-electron chi connectivity index (χ0n) is 10.8. The van der Waals surface area contributed by atoms with Crippen LogP contribution in [-0.4, -0.2) is 30.4 Å². The maximum atomic E-state index is 12.2. The van der Waals surface area contributed by atoms with E-state index in [0.717, 1.165) is 44.9 Å². The van der Waals surface area contributed by atoms with Crippen LogP contribution < -0.4 is 16.4 Å². The third kappa shape index (κ3) is 3.22. The van der Waals surface area contributed by atoms with Crippen LogP contribution in [0, 0.1) is 5.92 Å². The monoisotopic (exact) mass is 253 g/mol. The molecule has 1 aliphatic heterocycles. The molecule has 2 amide bonds. The van der Waals surface area contributed by atoms with Crippen LogP contribution in [0.25, 0.3) is 0 Å². The van der Waals surface area contributed by atoms with Gasteiger partial charge in [0.2, 0.25) is 11.8 Å². The maximum absolute atomic E-state index is 12.2. The van der Waals surface area contributed by atoms with Gasteiger partial charge in [-0.25, -0.2) is 0 Å². The van der Waals surface area contributed by atoms with Crippen LogP contribution in [0.2, 0.25) is 0 Å². The molecule has 5 heteroatoms. The second kappa shape index (κ2) is 6.18. The summed E-state index contributed by atoms with van der Waals surface area (Å²) in [6, 6.07) is -0.416. The van der Waals surface area contributed by atoms with Gasteiger partial charge in [0.1, 0.15) is 6.04 Å². The van der Waals surface area contributed by atoms with Gasteiger partial charge < -0.3 is 16.4 Å². The van der Waals surface area contributed by atoms with Crippen LogP contribution in [0.3, 0.4) is 0 Å². The first-order chi connectivity index (χ1) is 8.68.